The van der Waals surface area contributed by atoms with E-state index in [2.05, 4.69) is 13.8 Å². The van der Waals surface area contributed by atoms with Crippen molar-refractivity contribution < 1.29 is 9.53 Å². The van der Waals surface area contributed by atoms with E-state index < -0.39 is 0 Å². The molecule has 2 rings (SSSR count). The SMILES string of the molecule is COc1cc(N)cc(C(=O)N2CC(C)CCC2C)c1. The number of methoxy groups -OCH3 is 1. The number of hydrogen-bond donors (Lipinski definition) is 1. The summed E-state index contributed by atoms with van der Waals surface area (Å²) in [6.45, 7) is 5.11. The first-order valence-electron chi connectivity index (χ1n) is 6.76. The van der Waals surface area contributed by atoms with E-state index in [0.29, 0.717) is 22.9 Å². The van der Waals surface area contributed by atoms with Crippen molar-refractivity contribution in [3.63, 3.8) is 0 Å². The van der Waals surface area contributed by atoms with Crippen LogP contribution in [0.3, 0.4) is 0 Å². The molecule has 1 heterocycles. The number of likely N-dealkylation sites (tertiary alicyclic amines) is 1. The van der Waals surface area contributed by atoms with Gasteiger partial charge in [0, 0.05) is 29.9 Å². The minimum Gasteiger partial charge on any atom is -0.497 e. The lowest BCUT2D eigenvalue weighted by Crippen LogP contribution is -2.44. The highest BCUT2D eigenvalue weighted by Crippen LogP contribution is 2.25. The van der Waals surface area contributed by atoms with Crippen LogP contribution in [0, 0.1) is 5.92 Å². The number of benzene rings is 1. The van der Waals surface area contributed by atoms with Gasteiger partial charge in [-0.05, 0) is 37.8 Å². The second kappa shape index (κ2) is 5.51. The van der Waals surface area contributed by atoms with Crippen LogP contribution in [0.15, 0.2) is 18.2 Å². The van der Waals surface area contributed by atoms with Crippen molar-refractivity contribution >= 4 is 11.6 Å². The number of piperidine rings is 1. The predicted octanol–water partition coefficient (Wildman–Crippen LogP) is 2.54. The lowest BCUT2D eigenvalue weighted by Gasteiger charge is -2.37. The summed E-state index contributed by atoms with van der Waals surface area (Å²) in [5, 5.41) is 0. The Balaban J connectivity index is 2.25. The predicted molar refractivity (Wildman–Crippen MR) is 76.3 cm³/mol. The molecule has 2 N–H and O–H groups in total. The smallest absolute Gasteiger partial charge is 0.254 e. The average Bonchev–Trinajstić information content (AvgIpc) is 2.40. The largest absolute Gasteiger partial charge is 0.497 e. The van der Waals surface area contributed by atoms with Crippen molar-refractivity contribution in [3.05, 3.63) is 23.8 Å². The summed E-state index contributed by atoms with van der Waals surface area (Å²) >= 11 is 0. The van der Waals surface area contributed by atoms with Gasteiger partial charge in [-0.25, -0.2) is 0 Å². The van der Waals surface area contributed by atoms with Crippen LogP contribution in [0.25, 0.3) is 0 Å². The van der Waals surface area contributed by atoms with Crippen LogP contribution < -0.4 is 10.5 Å². The van der Waals surface area contributed by atoms with Crippen LogP contribution in [-0.2, 0) is 0 Å². The third-order valence-corrected chi connectivity index (χ3v) is 3.79. The number of nitrogens with zero attached hydrogens (tertiary/aromatic N) is 1. The number of carbonyl (C=O) groups excluding carboxylic acids is 1. The van der Waals surface area contributed by atoms with Crippen molar-refractivity contribution in [1.29, 1.82) is 0 Å². The molecule has 2 unspecified atom stereocenters. The molecule has 1 aliphatic heterocycles. The molecular weight excluding hydrogens is 240 g/mol. The van der Waals surface area contributed by atoms with Crippen molar-refractivity contribution in [2.24, 2.45) is 5.92 Å². The lowest BCUT2D eigenvalue weighted by molar-refractivity contribution is 0.0574. The minimum atomic E-state index is 0.0460. The summed E-state index contributed by atoms with van der Waals surface area (Å²) in [5.74, 6) is 1.23. The van der Waals surface area contributed by atoms with E-state index in [1.165, 1.54) is 6.42 Å². The van der Waals surface area contributed by atoms with Gasteiger partial charge in [0.2, 0.25) is 0 Å². The molecule has 19 heavy (non-hydrogen) atoms. The van der Waals surface area contributed by atoms with Crippen LogP contribution in [0.4, 0.5) is 5.69 Å². The molecular formula is C15H22N2O2. The summed E-state index contributed by atoms with van der Waals surface area (Å²) in [6, 6.07) is 5.48. The van der Waals surface area contributed by atoms with Crippen LogP contribution in [0.2, 0.25) is 0 Å². The van der Waals surface area contributed by atoms with E-state index in [1.54, 1.807) is 25.3 Å². The van der Waals surface area contributed by atoms with Gasteiger partial charge in [-0.3, -0.25) is 4.79 Å². The van der Waals surface area contributed by atoms with Gasteiger partial charge in [-0.2, -0.15) is 0 Å². The monoisotopic (exact) mass is 262 g/mol. The number of hydrogen-bond acceptors (Lipinski definition) is 3. The average molecular weight is 262 g/mol. The number of amides is 1. The van der Waals surface area contributed by atoms with Gasteiger partial charge in [-0.1, -0.05) is 6.92 Å². The van der Waals surface area contributed by atoms with Crippen molar-refractivity contribution in [2.75, 3.05) is 19.4 Å². The fourth-order valence-corrected chi connectivity index (χ4v) is 2.60. The first-order chi connectivity index (χ1) is 9.01. The Hall–Kier alpha value is -1.71. The quantitative estimate of drug-likeness (QED) is 0.833. The zero-order chi connectivity index (χ0) is 14.0. The number of rotatable bonds is 2. The van der Waals surface area contributed by atoms with E-state index in [4.69, 9.17) is 10.5 Å². The molecule has 0 aliphatic carbocycles. The third-order valence-electron chi connectivity index (χ3n) is 3.79. The number of nitrogen functional groups attached to an aromatic ring is 1. The Bertz CT molecular complexity index is 473. The number of ether oxygens (including phenoxy) is 1. The summed E-state index contributed by atoms with van der Waals surface area (Å²) in [7, 11) is 1.58. The van der Waals surface area contributed by atoms with Crippen molar-refractivity contribution in [2.45, 2.75) is 32.7 Å². The number of nitrogens with two attached hydrogens (primary N) is 1. The zero-order valence-electron chi connectivity index (χ0n) is 11.8. The maximum absolute atomic E-state index is 12.6. The molecule has 0 bridgehead atoms. The van der Waals surface area contributed by atoms with Crippen LogP contribution in [-0.4, -0.2) is 30.5 Å². The van der Waals surface area contributed by atoms with Crippen molar-refractivity contribution in [1.82, 2.24) is 4.90 Å². The minimum absolute atomic E-state index is 0.0460. The molecule has 0 saturated carbocycles. The number of anilines is 1. The molecule has 4 heteroatoms. The summed E-state index contributed by atoms with van der Waals surface area (Å²) in [4.78, 5) is 14.5. The first-order valence-corrected chi connectivity index (χ1v) is 6.76. The molecule has 1 amide bonds. The molecule has 1 aromatic carbocycles. The van der Waals surface area contributed by atoms with Gasteiger partial charge in [0.25, 0.3) is 5.91 Å². The second-order valence-electron chi connectivity index (χ2n) is 5.48. The second-order valence-corrected chi connectivity index (χ2v) is 5.48. The highest BCUT2D eigenvalue weighted by molar-refractivity contribution is 5.95. The van der Waals surface area contributed by atoms with E-state index in [9.17, 15) is 4.79 Å². The van der Waals surface area contributed by atoms with E-state index in [0.717, 1.165) is 13.0 Å². The molecule has 0 aromatic heterocycles. The van der Waals surface area contributed by atoms with E-state index >= 15 is 0 Å². The van der Waals surface area contributed by atoms with Gasteiger partial charge < -0.3 is 15.4 Å². The maximum Gasteiger partial charge on any atom is 0.254 e. The van der Waals surface area contributed by atoms with Gasteiger partial charge in [0.1, 0.15) is 5.75 Å². The molecule has 1 aliphatic rings. The molecule has 0 radical (unpaired) electrons. The Kier molecular flexibility index (Phi) is 3.98. The van der Waals surface area contributed by atoms with Gasteiger partial charge >= 0.3 is 0 Å². The highest BCUT2D eigenvalue weighted by Gasteiger charge is 2.27. The van der Waals surface area contributed by atoms with Gasteiger partial charge in [0.05, 0.1) is 7.11 Å². The molecule has 104 valence electrons. The molecule has 1 saturated heterocycles. The third kappa shape index (κ3) is 3.00. The molecule has 1 aromatic rings. The fraction of sp³-hybridized carbons (Fsp3) is 0.533. The Morgan fingerprint density at radius 3 is 2.74 bits per heavy atom. The van der Waals surface area contributed by atoms with Gasteiger partial charge in [-0.15, -0.1) is 0 Å². The molecule has 1 fully saturated rings. The van der Waals surface area contributed by atoms with E-state index in [-0.39, 0.29) is 11.9 Å². The Morgan fingerprint density at radius 1 is 1.32 bits per heavy atom. The Morgan fingerprint density at radius 2 is 2.05 bits per heavy atom. The lowest BCUT2D eigenvalue weighted by atomic mass is 9.94. The fourth-order valence-electron chi connectivity index (χ4n) is 2.60. The standard InChI is InChI=1S/C15H22N2O2/c1-10-4-5-11(2)17(9-10)15(18)12-6-13(16)8-14(7-12)19-3/h6-8,10-11H,4-5,9,16H2,1-3H3. The normalized spacial score (nSPS) is 23.2. The van der Waals surface area contributed by atoms with Crippen LogP contribution in [0.1, 0.15) is 37.0 Å². The molecule has 0 spiro atoms. The Labute approximate surface area is 114 Å². The highest BCUT2D eigenvalue weighted by atomic mass is 16.5. The summed E-state index contributed by atoms with van der Waals surface area (Å²) in [5.41, 5.74) is 6.98. The number of carbonyl (C=O) groups is 1. The molecule has 2 atom stereocenters. The summed E-state index contributed by atoms with van der Waals surface area (Å²) < 4.78 is 5.17. The van der Waals surface area contributed by atoms with Crippen molar-refractivity contribution in [3.8, 4) is 5.75 Å². The van der Waals surface area contributed by atoms with Crippen LogP contribution in [0.5, 0.6) is 5.75 Å². The van der Waals surface area contributed by atoms with Crippen LogP contribution >= 0.6 is 0 Å². The zero-order valence-corrected chi connectivity index (χ0v) is 11.8. The summed E-state index contributed by atoms with van der Waals surface area (Å²) in [6.07, 6.45) is 2.25. The first kappa shape index (κ1) is 13.7. The molecule has 4 nitrogen and oxygen atoms in total. The van der Waals surface area contributed by atoms with E-state index in [1.807, 2.05) is 4.90 Å². The maximum atomic E-state index is 12.6. The van der Waals surface area contributed by atoms with Gasteiger partial charge in [0.15, 0.2) is 0 Å². The topological polar surface area (TPSA) is 55.6 Å².